The van der Waals surface area contributed by atoms with Crippen LogP contribution < -0.4 is 5.32 Å². The second kappa shape index (κ2) is 34.5. The van der Waals surface area contributed by atoms with E-state index < -0.39 is 0 Å². The summed E-state index contributed by atoms with van der Waals surface area (Å²) in [6, 6.07) is 7.29. The number of unbranched alkanes of at least 4 members (excludes halogenated alkanes) is 6. The van der Waals surface area contributed by atoms with Gasteiger partial charge < -0.3 is 47.9 Å². The van der Waals surface area contributed by atoms with Crippen molar-refractivity contribution in [1.82, 2.24) is 0 Å². The molecule has 12 heteroatoms. The minimum atomic E-state index is -0.362. The van der Waals surface area contributed by atoms with Gasteiger partial charge in [0.25, 0.3) is 0 Å². The number of hydrogen-bond donors (Lipinski definition) is 1. The second-order valence-electron chi connectivity index (χ2n) is 11.0. The molecule has 1 N–H and O–H groups in total. The van der Waals surface area contributed by atoms with Crippen LogP contribution >= 0.6 is 0 Å². The number of carbonyl (C=O) groups is 2. The lowest BCUT2D eigenvalue weighted by Gasteiger charge is -2.09. The summed E-state index contributed by atoms with van der Waals surface area (Å²) in [5.74, 6) is -0.509. The third kappa shape index (κ3) is 28.7. The van der Waals surface area contributed by atoms with E-state index in [4.69, 9.17) is 42.6 Å². The molecule has 0 radical (unpaired) electrons. The van der Waals surface area contributed by atoms with Gasteiger partial charge in [-0.25, -0.2) is 4.79 Å². The van der Waals surface area contributed by atoms with Gasteiger partial charge in [0.2, 0.25) is 0 Å². The van der Waals surface area contributed by atoms with E-state index in [-0.39, 0.29) is 25.2 Å². The van der Waals surface area contributed by atoms with Crippen LogP contribution in [0.3, 0.4) is 0 Å². The summed E-state index contributed by atoms with van der Waals surface area (Å²) in [4.78, 5) is 23.8. The Kier molecular flexibility index (Phi) is 31.4. The number of anilines is 1. The molecule has 12 nitrogen and oxygen atoms in total. The van der Waals surface area contributed by atoms with Crippen LogP contribution in [0, 0.1) is 0 Å². The van der Waals surface area contributed by atoms with Crippen molar-refractivity contribution >= 4 is 17.6 Å². The minimum Gasteiger partial charge on any atom is -0.463 e. The van der Waals surface area contributed by atoms with Gasteiger partial charge in [-0.15, -0.1) is 0 Å². The molecule has 278 valence electrons. The molecule has 1 aromatic carbocycles. The van der Waals surface area contributed by atoms with Crippen molar-refractivity contribution in [3.63, 3.8) is 0 Å². The quantitative estimate of drug-likeness (QED) is 0.0711. The van der Waals surface area contributed by atoms with Crippen molar-refractivity contribution in [1.29, 1.82) is 0 Å². The summed E-state index contributed by atoms with van der Waals surface area (Å²) >= 11 is 0. The fourth-order valence-electron chi connectivity index (χ4n) is 4.17. The van der Waals surface area contributed by atoms with E-state index in [9.17, 15) is 9.59 Å². The molecule has 0 aliphatic carbocycles. The lowest BCUT2D eigenvalue weighted by atomic mass is 10.1. The van der Waals surface area contributed by atoms with E-state index in [0.29, 0.717) is 104 Å². The molecule has 0 aliphatic heterocycles. The summed E-state index contributed by atoms with van der Waals surface area (Å²) in [5.41, 5.74) is 1.51. The maximum Gasteiger partial charge on any atom is 0.338 e. The molecule has 0 saturated carbocycles. The third-order valence-electron chi connectivity index (χ3n) is 6.90. The molecule has 0 atom stereocenters. The van der Waals surface area contributed by atoms with Gasteiger partial charge in [0.1, 0.15) is 13.2 Å². The second-order valence-corrected chi connectivity index (χ2v) is 11.0. The number of benzene rings is 1. The fraction of sp³-hybridized carbons (Fsp3) is 0.778. The fourth-order valence-corrected chi connectivity index (χ4v) is 4.17. The van der Waals surface area contributed by atoms with E-state index in [1.165, 1.54) is 25.7 Å². The normalized spacial score (nSPS) is 11.1. The number of nitrogens with one attached hydrogen (secondary N) is 1. The molecule has 0 aliphatic rings. The summed E-state index contributed by atoms with van der Waals surface area (Å²) in [7, 11) is 0. The van der Waals surface area contributed by atoms with Gasteiger partial charge >= 0.3 is 11.9 Å². The molecule has 0 unspecified atom stereocenters. The predicted octanol–water partition coefficient (Wildman–Crippen LogP) is 5.47. The first-order valence-electron chi connectivity index (χ1n) is 17.9. The van der Waals surface area contributed by atoms with Crippen LogP contribution in [0.25, 0.3) is 0 Å². The highest BCUT2D eigenvalue weighted by Gasteiger charge is 2.07. The average Bonchev–Trinajstić information content (AvgIpc) is 3.10. The van der Waals surface area contributed by atoms with Crippen molar-refractivity contribution < 1.29 is 52.2 Å². The summed E-state index contributed by atoms with van der Waals surface area (Å²) in [6.45, 7) is 12.0. The first-order valence-corrected chi connectivity index (χ1v) is 17.9. The first kappa shape index (κ1) is 43.7. The molecule has 0 spiro atoms. The SMILES string of the molecule is CCCCCCCCC(=O)OCCOCCOCCOCCOCCOCCOCCOCCOC(=O)c1ccc(NCCCC)cc1. The molecule has 0 heterocycles. The highest BCUT2D eigenvalue weighted by Crippen LogP contribution is 2.11. The largest absolute Gasteiger partial charge is 0.463 e. The summed E-state index contributed by atoms with van der Waals surface area (Å²) in [6.07, 6.45) is 9.64. The lowest BCUT2D eigenvalue weighted by molar-refractivity contribution is -0.145. The Morgan fingerprint density at radius 3 is 1.33 bits per heavy atom. The van der Waals surface area contributed by atoms with Gasteiger partial charge in [0, 0.05) is 18.7 Å². The Balaban J connectivity index is 1.73. The molecule has 1 rings (SSSR count). The summed E-state index contributed by atoms with van der Waals surface area (Å²) in [5, 5.41) is 3.32. The van der Waals surface area contributed by atoms with Crippen molar-refractivity contribution in [2.45, 2.75) is 71.6 Å². The zero-order chi connectivity index (χ0) is 34.6. The Labute approximate surface area is 288 Å². The van der Waals surface area contributed by atoms with Crippen LogP contribution in [0.5, 0.6) is 0 Å². The Hall–Kier alpha value is -2.32. The maximum atomic E-state index is 12.1. The van der Waals surface area contributed by atoms with Crippen molar-refractivity contribution in [3.8, 4) is 0 Å². The maximum absolute atomic E-state index is 12.1. The molecule has 0 saturated heterocycles. The van der Waals surface area contributed by atoms with E-state index in [1.54, 1.807) is 12.1 Å². The molecule has 48 heavy (non-hydrogen) atoms. The Morgan fingerprint density at radius 1 is 0.479 bits per heavy atom. The van der Waals surface area contributed by atoms with E-state index in [2.05, 4.69) is 19.2 Å². The van der Waals surface area contributed by atoms with Gasteiger partial charge in [-0.1, -0.05) is 52.4 Å². The van der Waals surface area contributed by atoms with Crippen LogP contribution in [0.15, 0.2) is 24.3 Å². The van der Waals surface area contributed by atoms with Crippen LogP contribution in [0.2, 0.25) is 0 Å². The van der Waals surface area contributed by atoms with E-state index >= 15 is 0 Å². The molecule has 0 amide bonds. The topological polar surface area (TPSA) is 129 Å². The summed E-state index contributed by atoms with van der Waals surface area (Å²) < 4.78 is 48.6. The highest BCUT2D eigenvalue weighted by molar-refractivity contribution is 5.89. The number of rotatable bonds is 36. The molecular weight excluding hydrogens is 622 g/mol. The third-order valence-corrected chi connectivity index (χ3v) is 6.90. The van der Waals surface area contributed by atoms with Crippen LogP contribution in [-0.4, -0.2) is 124 Å². The van der Waals surface area contributed by atoms with Crippen LogP contribution in [0.4, 0.5) is 5.69 Å². The van der Waals surface area contributed by atoms with Gasteiger partial charge in [0.05, 0.1) is 98.1 Å². The minimum absolute atomic E-state index is 0.147. The standard InChI is InChI=1S/C36H63NO11/c1-3-5-7-8-9-10-11-35(38)47-31-29-45-27-25-43-23-21-41-19-17-40-18-20-42-22-24-44-26-28-46-30-32-48-36(39)33-12-14-34(15-13-33)37-16-6-4-2/h12-15,37H,3-11,16-32H2,1-2H3. The Bertz CT molecular complexity index is 857. The molecule has 0 fully saturated rings. The zero-order valence-corrected chi connectivity index (χ0v) is 29.7. The van der Waals surface area contributed by atoms with Gasteiger partial charge in [0.15, 0.2) is 0 Å². The van der Waals surface area contributed by atoms with Crippen LogP contribution in [-0.2, 0) is 47.4 Å². The van der Waals surface area contributed by atoms with Crippen molar-refractivity contribution in [2.24, 2.45) is 0 Å². The molecular formula is C36H63NO11. The smallest absolute Gasteiger partial charge is 0.338 e. The first-order chi connectivity index (χ1) is 23.7. The van der Waals surface area contributed by atoms with Gasteiger partial charge in [-0.05, 0) is 37.1 Å². The van der Waals surface area contributed by atoms with Crippen LogP contribution in [0.1, 0.15) is 82.0 Å². The van der Waals surface area contributed by atoms with Crippen molar-refractivity contribution in [2.75, 3.05) is 118 Å². The average molecular weight is 686 g/mol. The van der Waals surface area contributed by atoms with Gasteiger partial charge in [-0.2, -0.15) is 0 Å². The number of esters is 2. The Morgan fingerprint density at radius 2 is 0.875 bits per heavy atom. The lowest BCUT2D eigenvalue weighted by Crippen LogP contribution is -2.15. The number of ether oxygens (including phenoxy) is 9. The van der Waals surface area contributed by atoms with E-state index in [1.807, 2.05) is 12.1 Å². The number of carbonyl (C=O) groups excluding carboxylic acids is 2. The molecule has 1 aromatic rings. The van der Waals surface area contributed by atoms with E-state index in [0.717, 1.165) is 37.9 Å². The zero-order valence-electron chi connectivity index (χ0n) is 29.7. The monoisotopic (exact) mass is 685 g/mol. The predicted molar refractivity (Wildman–Crippen MR) is 185 cm³/mol. The highest BCUT2D eigenvalue weighted by atomic mass is 16.6. The molecule has 0 aromatic heterocycles. The van der Waals surface area contributed by atoms with Gasteiger partial charge in [-0.3, -0.25) is 4.79 Å². The van der Waals surface area contributed by atoms with Crippen molar-refractivity contribution in [3.05, 3.63) is 29.8 Å². The molecule has 0 bridgehead atoms. The number of hydrogen-bond acceptors (Lipinski definition) is 12.